The van der Waals surface area contributed by atoms with E-state index in [2.05, 4.69) is 0 Å². The van der Waals surface area contributed by atoms with Gasteiger partial charge < -0.3 is 25.5 Å². The number of hydrogen-bond acceptors (Lipinski definition) is 5. The van der Waals surface area contributed by atoms with Crippen LogP contribution in [-0.4, -0.2) is 56.1 Å². The molecule has 78 valence electrons. The Hall–Kier alpha value is -0.200. The van der Waals surface area contributed by atoms with Crippen molar-refractivity contribution in [2.24, 2.45) is 0 Å². The lowest BCUT2D eigenvalue weighted by atomic mass is 9.94. The second-order valence-electron chi connectivity index (χ2n) is 3.75. The monoisotopic (exact) mass is 192 g/mol. The number of aliphatic hydroxyl groups excluding tert-OH is 4. The Labute approximate surface area is 76.3 Å². The van der Waals surface area contributed by atoms with E-state index in [0.717, 1.165) is 0 Å². The van der Waals surface area contributed by atoms with Crippen molar-refractivity contribution in [3.05, 3.63) is 0 Å². The van der Waals surface area contributed by atoms with E-state index in [1.165, 1.54) is 0 Å². The van der Waals surface area contributed by atoms with Crippen molar-refractivity contribution in [3.8, 4) is 0 Å². The van der Waals surface area contributed by atoms with Gasteiger partial charge in [0.15, 0.2) is 0 Å². The van der Waals surface area contributed by atoms with E-state index >= 15 is 0 Å². The largest absolute Gasteiger partial charge is 0.393 e. The molecular formula is C8H16O5. The van der Waals surface area contributed by atoms with Gasteiger partial charge in [0, 0.05) is 6.42 Å². The van der Waals surface area contributed by atoms with Crippen molar-refractivity contribution >= 4 is 0 Å². The Morgan fingerprint density at radius 3 is 2.31 bits per heavy atom. The molecule has 0 heterocycles. The number of aliphatic hydroxyl groups is 5. The fourth-order valence-electron chi connectivity index (χ4n) is 1.60. The van der Waals surface area contributed by atoms with Crippen LogP contribution in [0, 0.1) is 0 Å². The quantitative estimate of drug-likeness (QED) is 0.309. The van der Waals surface area contributed by atoms with Crippen LogP contribution in [0.1, 0.15) is 19.3 Å². The third-order valence-electron chi connectivity index (χ3n) is 2.58. The Morgan fingerprint density at radius 1 is 1.15 bits per heavy atom. The Balaban J connectivity index is 2.69. The van der Waals surface area contributed by atoms with Gasteiger partial charge in [-0.15, -0.1) is 0 Å². The van der Waals surface area contributed by atoms with Crippen molar-refractivity contribution in [3.63, 3.8) is 0 Å². The summed E-state index contributed by atoms with van der Waals surface area (Å²) in [4.78, 5) is 0. The summed E-state index contributed by atoms with van der Waals surface area (Å²) in [5.74, 6) is 0. The maximum atomic E-state index is 9.63. The smallest absolute Gasteiger partial charge is 0.106 e. The lowest BCUT2D eigenvalue weighted by molar-refractivity contribution is -0.0807. The SMILES string of the molecule is OCC1(O)CCC(O)C(O)C(O)C1. The molecule has 1 aliphatic rings. The lowest BCUT2D eigenvalue weighted by Crippen LogP contribution is -2.40. The molecule has 0 aliphatic heterocycles. The molecule has 5 heteroatoms. The molecule has 4 unspecified atom stereocenters. The number of hydrogen-bond donors (Lipinski definition) is 5. The molecule has 1 saturated carbocycles. The average Bonchev–Trinajstić information content (AvgIpc) is 2.20. The highest BCUT2D eigenvalue weighted by atomic mass is 16.4. The van der Waals surface area contributed by atoms with Crippen LogP contribution in [0.3, 0.4) is 0 Å². The highest BCUT2D eigenvalue weighted by Crippen LogP contribution is 2.27. The molecular weight excluding hydrogens is 176 g/mol. The van der Waals surface area contributed by atoms with E-state index in [1.807, 2.05) is 0 Å². The van der Waals surface area contributed by atoms with Crippen molar-refractivity contribution < 1.29 is 25.5 Å². The van der Waals surface area contributed by atoms with Gasteiger partial charge in [-0.05, 0) is 12.8 Å². The second-order valence-corrected chi connectivity index (χ2v) is 3.75. The van der Waals surface area contributed by atoms with E-state index in [9.17, 15) is 20.4 Å². The minimum Gasteiger partial charge on any atom is -0.393 e. The second kappa shape index (κ2) is 3.89. The molecule has 0 radical (unpaired) electrons. The molecule has 5 nitrogen and oxygen atoms in total. The van der Waals surface area contributed by atoms with Crippen LogP contribution in [-0.2, 0) is 0 Å². The van der Waals surface area contributed by atoms with Crippen LogP contribution in [0.25, 0.3) is 0 Å². The molecule has 0 bridgehead atoms. The lowest BCUT2D eigenvalue weighted by Gasteiger charge is -2.25. The normalized spacial score (nSPS) is 47.3. The topological polar surface area (TPSA) is 101 Å². The maximum Gasteiger partial charge on any atom is 0.106 e. The first-order valence-electron chi connectivity index (χ1n) is 4.36. The molecule has 13 heavy (non-hydrogen) atoms. The fourth-order valence-corrected chi connectivity index (χ4v) is 1.60. The van der Waals surface area contributed by atoms with Gasteiger partial charge in [-0.25, -0.2) is 0 Å². The van der Waals surface area contributed by atoms with Crippen LogP contribution in [0.2, 0.25) is 0 Å². The molecule has 5 N–H and O–H groups in total. The predicted octanol–water partition coefficient (Wildman–Crippen LogP) is -2.02. The van der Waals surface area contributed by atoms with Gasteiger partial charge in [-0.1, -0.05) is 0 Å². The molecule has 1 fully saturated rings. The standard InChI is InChI=1S/C8H16O5/c9-4-8(13)2-1-5(10)7(12)6(11)3-8/h5-7,9-13H,1-4H2. The third-order valence-corrected chi connectivity index (χ3v) is 2.58. The molecule has 0 spiro atoms. The first-order chi connectivity index (χ1) is 5.98. The zero-order valence-electron chi connectivity index (χ0n) is 7.30. The van der Waals surface area contributed by atoms with Crippen molar-refractivity contribution in [2.45, 2.75) is 43.2 Å². The Kier molecular flexibility index (Phi) is 3.26. The van der Waals surface area contributed by atoms with E-state index in [1.54, 1.807) is 0 Å². The van der Waals surface area contributed by atoms with Gasteiger partial charge in [0.05, 0.1) is 24.4 Å². The predicted molar refractivity (Wildman–Crippen MR) is 43.9 cm³/mol. The highest BCUT2D eigenvalue weighted by Gasteiger charge is 2.38. The van der Waals surface area contributed by atoms with Crippen LogP contribution >= 0.6 is 0 Å². The van der Waals surface area contributed by atoms with Crippen LogP contribution in [0.5, 0.6) is 0 Å². The molecule has 1 rings (SSSR count). The summed E-state index contributed by atoms with van der Waals surface area (Å²) in [7, 11) is 0. The van der Waals surface area contributed by atoms with E-state index in [-0.39, 0.29) is 19.3 Å². The molecule has 0 saturated heterocycles. The van der Waals surface area contributed by atoms with Crippen LogP contribution in [0.15, 0.2) is 0 Å². The summed E-state index contributed by atoms with van der Waals surface area (Å²) >= 11 is 0. The summed E-state index contributed by atoms with van der Waals surface area (Å²) in [5.41, 5.74) is -1.38. The summed E-state index contributed by atoms with van der Waals surface area (Å²) in [6, 6.07) is 0. The van der Waals surface area contributed by atoms with Gasteiger partial charge in [0.2, 0.25) is 0 Å². The van der Waals surface area contributed by atoms with Gasteiger partial charge in [0.25, 0.3) is 0 Å². The van der Waals surface area contributed by atoms with Crippen molar-refractivity contribution in [2.75, 3.05) is 6.61 Å². The zero-order valence-corrected chi connectivity index (χ0v) is 7.30. The molecule has 1 aliphatic carbocycles. The Bertz CT molecular complexity index is 174. The number of rotatable bonds is 1. The first kappa shape index (κ1) is 10.9. The van der Waals surface area contributed by atoms with E-state index < -0.39 is 30.5 Å². The van der Waals surface area contributed by atoms with Gasteiger partial charge in [-0.3, -0.25) is 0 Å². The van der Waals surface area contributed by atoms with E-state index in [0.29, 0.717) is 0 Å². The minimum atomic E-state index is -1.38. The van der Waals surface area contributed by atoms with Crippen LogP contribution < -0.4 is 0 Å². The van der Waals surface area contributed by atoms with Gasteiger partial charge in [-0.2, -0.15) is 0 Å². The third kappa shape index (κ3) is 2.38. The molecule has 0 aromatic rings. The average molecular weight is 192 g/mol. The molecule has 0 aromatic carbocycles. The minimum absolute atomic E-state index is 0.109. The first-order valence-corrected chi connectivity index (χ1v) is 4.36. The van der Waals surface area contributed by atoms with Gasteiger partial charge >= 0.3 is 0 Å². The molecule has 0 aromatic heterocycles. The summed E-state index contributed by atoms with van der Waals surface area (Å²) in [6.45, 7) is -0.469. The summed E-state index contributed by atoms with van der Waals surface area (Å²) in [5, 5.41) is 46.3. The Morgan fingerprint density at radius 2 is 1.77 bits per heavy atom. The maximum absolute atomic E-state index is 9.63. The van der Waals surface area contributed by atoms with Crippen molar-refractivity contribution in [1.82, 2.24) is 0 Å². The fraction of sp³-hybridized carbons (Fsp3) is 1.00. The zero-order chi connectivity index (χ0) is 10.1. The summed E-state index contributed by atoms with van der Waals surface area (Å²) < 4.78 is 0. The molecule has 0 amide bonds. The summed E-state index contributed by atoms with van der Waals surface area (Å²) in [6.07, 6.45) is -3.21. The van der Waals surface area contributed by atoms with Gasteiger partial charge in [0.1, 0.15) is 6.10 Å². The van der Waals surface area contributed by atoms with E-state index in [4.69, 9.17) is 5.11 Å². The van der Waals surface area contributed by atoms with Crippen molar-refractivity contribution in [1.29, 1.82) is 0 Å². The van der Waals surface area contributed by atoms with Crippen LogP contribution in [0.4, 0.5) is 0 Å². The molecule has 4 atom stereocenters. The highest BCUT2D eigenvalue weighted by molar-refractivity contribution is 4.91.